The van der Waals surface area contributed by atoms with Crippen LogP contribution >= 0.6 is 0 Å². The molecule has 0 bridgehead atoms. The first-order valence-electron chi connectivity index (χ1n) is 4.57. The van der Waals surface area contributed by atoms with Crippen LogP contribution in [0.4, 0.5) is 0 Å². The summed E-state index contributed by atoms with van der Waals surface area (Å²) in [7, 11) is 0. The third kappa shape index (κ3) is 1.60. The summed E-state index contributed by atoms with van der Waals surface area (Å²) in [6.45, 7) is 0.467. The highest BCUT2D eigenvalue weighted by Crippen LogP contribution is 2.17. The van der Waals surface area contributed by atoms with Crippen molar-refractivity contribution >= 4 is 5.91 Å². The van der Waals surface area contributed by atoms with Crippen molar-refractivity contribution in [2.45, 2.75) is 25.5 Å². The molecule has 1 fully saturated rings. The molecule has 1 aromatic rings. The average Bonchev–Trinajstić information content (AvgIpc) is 2.67. The first kappa shape index (κ1) is 9.14. The van der Waals surface area contributed by atoms with Crippen LogP contribution in [0.15, 0.2) is 6.33 Å². The Hall–Kier alpha value is -1.43. The van der Waals surface area contributed by atoms with Gasteiger partial charge in [0.25, 0.3) is 0 Å². The minimum atomic E-state index is -0.121. The van der Waals surface area contributed by atoms with E-state index in [1.54, 1.807) is 6.33 Å². The first-order chi connectivity index (χ1) is 6.81. The number of carbonyl (C=O) groups excluding carboxylic acids is 1. The van der Waals surface area contributed by atoms with E-state index in [4.69, 9.17) is 5.11 Å². The Balaban J connectivity index is 2.11. The maximum absolute atomic E-state index is 10.9. The SMILES string of the molecule is O=C1CCC(n2cnnc2CO)CN1. The van der Waals surface area contributed by atoms with Gasteiger partial charge in [-0.2, -0.15) is 0 Å². The number of aliphatic hydroxyl groups excluding tert-OH is 1. The summed E-state index contributed by atoms with van der Waals surface area (Å²) >= 11 is 0. The molecule has 1 unspecified atom stereocenters. The zero-order chi connectivity index (χ0) is 9.97. The fourth-order valence-electron chi connectivity index (χ4n) is 1.64. The molecule has 6 heteroatoms. The van der Waals surface area contributed by atoms with E-state index in [0.717, 1.165) is 6.42 Å². The number of rotatable bonds is 2. The quantitative estimate of drug-likeness (QED) is 0.650. The summed E-state index contributed by atoms with van der Waals surface area (Å²) < 4.78 is 1.82. The Kier molecular flexibility index (Phi) is 2.45. The van der Waals surface area contributed by atoms with Gasteiger partial charge in [0.1, 0.15) is 12.9 Å². The van der Waals surface area contributed by atoms with Crippen LogP contribution in [0.25, 0.3) is 0 Å². The molecular weight excluding hydrogens is 184 g/mol. The van der Waals surface area contributed by atoms with Crippen LogP contribution in [0.1, 0.15) is 24.7 Å². The van der Waals surface area contributed by atoms with E-state index >= 15 is 0 Å². The average molecular weight is 196 g/mol. The second kappa shape index (κ2) is 3.75. The monoisotopic (exact) mass is 196 g/mol. The van der Waals surface area contributed by atoms with E-state index in [1.807, 2.05) is 4.57 Å². The molecule has 1 saturated heterocycles. The van der Waals surface area contributed by atoms with Crippen molar-refractivity contribution in [1.82, 2.24) is 20.1 Å². The number of hydrogen-bond acceptors (Lipinski definition) is 4. The lowest BCUT2D eigenvalue weighted by molar-refractivity contribution is -0.122. The van der Waals surface area contributed by atoms with Gasteiger partial charge in [-0.05, 0) is 6.42 Å². The molecule has 2 heterocycles. The lowest BCUT2D eigenvalue weighted by Crippen LogP contribution is -2.36. The minimum absolute atomic E-state index is 0.0832. The van der Waals surface area contributed by atoms with Crippen LogP contribution in [0.3, 0.4) is 0 Å². The normalized spacial score (nSPS) is 22.1. The van der Waals surface area contributed by atoms with Crippen LogP contribution in [0, 0.1) is 0 Å². The molecule has 1 amide bonds. The molecule has 1 aromatic heterocycles. The number of carbonyl (C=O) groups is 1. The summed E-state index contributed by atoms with van der Waals surface area (Å²) in [6, 6.07) is 0.171. The van der Waals surface area contributed by atoms with Crippen LogP contribution in [0.5, 0.6) is 0 Å². The standard InChI is InChI=1S/C8H12N4O2/c13-4-7-11-10-5-12(7)6-1-2-8(14)9-3-6/h5-6,13H,1-4H2,(H,9,14). The van der Waals surface area contributed by atoms with E-state index in [1.165, 1.54) is 0 Å². The number of piperidine rings is 1. The Bertz CT molecular complexity index is 326. The Morgan fingerprint density at radius 1 is 1.71 bits per heavy atom. The maximum atomic E-state index is 10.9. The molecule has 0 spiro atoms. The molecule has 1 aliphatic heterocycles. The molecule has 76 valence electrons. The number of amides is 1. The van der Waals surface area contributed by atoms with E-state index < -0.39 is 0 Å². The van der Waals surface area contributed by atoms with E-state index in [-0.39, 0.29) is 18.6 Å². The predicted molar refractivity (Wildman–Crippen MR) is 47.2 cm³/mol. The molecule has 1 aliphatic rings. The van der Waals surface area contributed by atoms with Gasteiger partial charge in [0.15, 0.2) is 5.82 Å². The molecule has 2 N–H and O–H groups in total. The van der Waals surface area contributed by atoms with Gasteiger partial charge in [0.2, 0.25) is 5.91 Å². The van der Waals surface area contributed by atoms with Gasteiger partial charge in [-0.1, -0.05) is 0 Å². The molecule has 0 aromatic carbocycles. The number of nitrogens with one attached hydrogen (secondary N) is 1. The molecule has 1 atom stereocenters. The lowest BCUT2D eigenvalue weighted by atomic mass is 10.1. The Morgan fingerprint density at radius 2 is 2.57 bits per heavy atom. The molecule has 0 aliphatic carbocycles. The van der Waals surface area contributed by atoms with Crippen molar-refractivity contribution in [2.24, 2.45) is 0 Å². The first-order valence-corrected chi connectivity index (χ1v) is 4.57. The molecule has 0 saturated carbocycles. The maximum Gasteiger partial charge on any atom is 0.220 e. The van der Waals surface area contributed by atoms with Gasteiger partial charge in [0, 0.05) is 13.0 Å². The van der Waals surface area contributed by atoms with E-state index in [9.17, 15) is 4.79 Å². The van der Waals surface area contributed by atoms with Crippen molar-refractivity contribution in [3.8, 4) is 0 Å². The van der Waals surface area contributed by atoms with Gasteiger partial charge < -0.3 is 15.0 Å². The smallest absolute Gasteiger partial charge is 0.220 e. The van der Waals surface area contributed by atoms with Crippen molar-refractivity contribution in [1.29, 1.82) is 0 Å². The highest BCUT2D eigenvalue weighted by atomic mass is 16.3. The second-order valence-electron chi connectivity index (χ2n) is 3.31. The number of nitrogens with zero attached hydrogens (tertiary/aromatic N) is 3. The second-order valence-corrected chi connectivity index (χ2v) is 3.31. The van der Waals surface area contributed by atoms with Gasteiger partial charge in [-0.15, -0.1) is 10.2 Å². The van der Waals surface area contributed by atoms with Crippen molar-refractivity contribution < 1.29 is 9.90 Å². The highest BCUT2D eigenvalue weighted by Gasteiger charge is 2.21. The summed E-state index contributed by atoms with van der Waals surface area (Å²) in [5.41, 5.74) is 0. The van der Waals surface area contributed by atoms with Crippen LogP contribution in [-0.2, 0) is 11.4 Å². The van der Waals surface area contributed by atoms with E-state index in [2.05, 4.69) is 15.5 Å². The molecular formula is C8H12N4O2. The summed E-state index contributed by atoms with van der Waals surface area (Å²) in [4.78, 5) is 10.9. The van der Waals surface area contributed by atoms with Crippen molar-refractivity contribution in [3.63, 3.8) is 0 Å². The van der Waals surface area contributed by atoms with E-state index in [0.29, 0.717) is 18.8 Å². The Labute approximate surface area is 80.9 Å². The largest absolute Gasteiger partial charge is 0.388 e. The number of hydrogen-bond donors (Lipinski definition) is 2. The Morgan fingerprint density at radius 3 is 3.21 bits per heavy atom. The summed E-state index contributed by atoms with van der Waals surface area (Å²) in [5.74, 6) is 0.631. The molecule has 2 rings (SSSR count). The zero-order valence-electron chi connectivity index (χ0n) is 7.68. The number of aromatic nitrogens is 3. The summed E-state index contributed by atoms with van der Waals surface area (Å²) in [6.07, 6.45) is 2.89. The van der Waals surface area contributed by atoms with Crippen molar-refractivity contribution in [3.05, 3.63) is 12.2 Å². The van der Waals surface area contributed by atoms with Crippen LogP contribution in [0.2, 0.25) is 0 Å². The topological polar surface area (TPSA) is 80.0 Å². The fourth-order valence-corrected chi connectivity index (χ4v) is 1.64. The summed E-state index contributed by atoms with van der Waals surface area (Å²) in [5, 5.41) is 19.3. The third-order valence-electron chi connectivity index (χ3n) is 2.42. The molecule has 6 nitrogen and oxygen atoms in total. The predicted octanol–water partition coefficient (Wildman–Crippen LogP) is -0.779. The van der Waals surface area contributed by atoms with Crippen LogP contribution in [-0.4, -0.2) is 32.3 Å². The number of aliphatic hydroxyl groups is 1. The van der Waals surface area contributed by atoms with Gasteiger partial charge in [-0.3, -0.25) is 4.79 Å². The highest BCUT2D eigenvalue weighted by molar-refractivity contribution is 5.76. The third-order valence-corrected chi connectivity index (χ3v) is 2.42. The van der Waals surface area contributed by atoms with Gasteiger partial charge in [-0.25, -0.2) is 0 Å². The van der Waals surface area contributed by atoms with Crippen molar-refractivity contribution in [2.75, 3.05) is 6.54 Å². The minimum Gasteiger partial charge on any atom is -0.388 e. The van der Waals surface area contributed by atoms with Gasteiger partial charge in [0.05, 0.1) is 6.04 Å². The fraction of sp³-hybridized carbons (Fsp3) is 0.625. The van der Waals surface area contributed by atoms with Crippen LogP contribution < -0.4 is 5.32 Å². The molecule has 0 radical (unpaired) electrons. The molecule has 14 heavy (non-hydrogen) atoms. The van der Waals surface area contributed by atoms with Gasteiger partial charge >= 0.3 is 0 Å². The lowest BCUT2D eigenvalue weighted by Gasteiger charge is -2.24. The zero-order valence-corrected chi connectivity index (χ0v) is 7.68.